The van der Waals surface area contributed by atoms with Crippen molar-refractivity contribution >= 4 is 17.8 Å². The van der Waals surface area contributed by atoms with Crippen LogP contribution in [0, 0.1) is 0 Å². The number of Topliss-reactive ketones (excluding diaryl/α,β-unsaturated/α-hetero) is 2. The number of aliphatic imine (C=N–C) groups is 1. The Bertz CT molecular complexity index is 142. The number of ketones is 2. The summed E-state index contributed by atoms with van der Waals surface area (Å²) in [5.74, 6) is -0.687. The zero-order valence-electron chi connectivity index (χ0n) is 4.26. The Balaban J connectivity index is 2.71. The molecule has 0 radical (unpaired) electrons. The van der Waals surface area contributed by atoms with Gasteiger partial charge in [-0.15, -0.1) is 0 Å². The van der Waals surface area contributed by atoms with E-state index in [9.17, 15) is 9.59 Å². The van der Waals surface area contributed by atoms with Gasteiger partial charge in [0.2, 0.25) is 11.6 Å². The van der Waals surface area contributed by atoms with Gasteiger partial charge in [0.15, 0.2) is 0 Å². The number of carbonyl (C=O) groups excluding carboxylic acids is 2. The van der Waals surface area contributed by atoms with Crippen molar-refractivity contribution in [1.29, 1.82) is 0 Å². The van der Waals surface area contributed by atoms with Crippen LogP contribution in [0.4, 0.5) is 0 Å². The number of nitrogens with zero attached hydrogens (tertiary/aromatic N) is 1. The number of hydrogen-bond donors (Lipinski definition) is 0. The van der Waals surface area contributed by atoms with Crippen LogP contribution < -0.4 is 0 Å². The van der Waals surface area contributed by atoms with E-state index in [0.717, 1.165) is 0 Å². The zero-order valence-corrected chi connectivity index (χ0v) is 4.26. The summed E-state index contributed by atoms with van der Waals surface area (Å²) in [6.07, 6.45) is 1.67. The molecule has 0 aliphatic carbocycles. The molecule has 0 aromatic carbocycles. The first-order valence-electron chi connectivity index (χ1n) is 2.35. The standard InChI is InChI=1S/C5H5NO2/c7-4-1-2-6-3-5(4)8/h2H,1,3H2. The summed E-state index contributed by atoms with van der Waals surface area (Å²) in [5, 5.41) is 0. The fourth-order valence-electron chi connectivity index (χ4n) is 0.497. The molecular formula is C5H5NO2. The van der Waals surface area contributed by atoms with E-state index in [2.05, 4.69) is 4.99 Å². The summed E-state index contributed by atoms with van der Waals surface area (Å²) in [7, 11) is 0. The summed E-state index contributed by atoms with van der Waals surface area (Å²) in [6.45, 7) is 0.0544. The molecule has 1 rings (SSSR count). The normalized spacial score (nSPS) is 19.5. The highest BCUT2D eigenvalue weighted by molar-refractivity contribution is 6.41. The number of carbonyl (C=O) groups is 2. The van der Waals surface area contributed by atoms with Crippen molar-refractivity contribution in [3.05, 3.63) is 0 Å². The van der Waals surface area contributed by atoms with Gasteiger partial charge in [0.05, 0.1) is 0 Å². The van der Waals surface area contributed by atoms with Gasteiger partial charge < -0.3 is 0 Å². The molecule has 1 aliphatic heterocycles. The Morgan fingerprint density at radius 2 is 2.12 bits per heavy atom. The van der Waals surface area contributed by atoms with Gasteiger partial charge in [0.25, 0.3) is 0 Å². The van der Waals surface area contributed by atoms with Crippen molar-refractivity contribution in [3.8, 4) is 0 Å². The molecule has 0 spiro atoms. The second-order valence-corrected chi connectivity index (χ2v) is 1.57. The first-order chi connectivity index (χ1) is 3.80. The first-order valence-corrected chi connectivity index (χ1v) is 2.35. The van der Waals surface area contributed by atoms with Crippen molar-refractivity contribution in [1.82, 2.24) is 0 Å². The summed E-state index contributed by atoms with van der Waals surface area (Å²) in [4.78, 5) is 24.3. The molecular weight excluding hydrogens is 106 g/mol. The quantitative estimate of drug-likeness (QED) is 0.399. The van der Waals surface area contributed by atoms with Gasteiger partial charge in [-0.25, -0.2) is 0 Å². The maximum absolute atomic E-state index is 10.4. The molecule has 3 heteroatoms. The van der Waals surface area contributed by atoms with Crippen molar-refractivity contribution < 1.29 is 9.59 Å². The molecule has 8 heavy (non-hydrogen) atoms. The van der Waals surface area contributed by atoms with Gasteiger partial charge in [-0.1, -0.05) is 0 Å². The lowest BCUT2D eigenvalue weighted by molar-refractivity contribution is -0.135. The minimum absolute atomic E-state index is 0.0544. The lowest BCUT2D eigenvalue weighted by atomic mass is 10.2. The Labute approximate surface area is 46.4 Å². The third-order valence-corrected chi connectivity index (χ3v) is 0.952. The van der Waals surface area contributed by atoms with Crippen LogP contribution in [-0.2, 0) is 9.59 Å². The van der Waals surface area contributed by atoms with E-state index in [1.165, 1.54) is 6.21 Å². The van der Waals surface area contributed by atoms with E-state index in [1.54, 1.807) is 0 Å². The highest BCUT2D eigenvalue weighted by Gasteiger charge is 2.13. The highest BCUT2D eigenvalue weighted by Crippen LogP contribution is 1.89. The summed E-state index contributed by atoms with van der Waals surface area (Å²) >= 11 is 0. The van der Waals surface area contributed by atoms with Crippen LogP contribution in [0.2, 0.25) is 0 Å². The summed E-state index contributed by atoms with van der Waals surface area (Å²) in [5.41, 5.74) is 0. The van der Waals surface area contributed by atoms with Crippen LogP contribution in [0.1, 0.15) is 6.42 Å². The SMILES string of the molecule is O=C1CC=NCC1=O. The molecule has 0 fully saturated rings. The van der Waals surface area contributed by atoms with Gasteiger partial charge in [-0.05, 0) is 0 Å². The van der Waals surface area contributed by atoms with Crippen molar-refractivity contribution in [2.24, 2.45) is 4.99 Å². The van der Waals surface area contributed by atoms with E-state index in [4.69, 9.17) is 0 Å². The smallest absolute Gasteiger partial charge is 0.220 e. The zero-order chi connectivity index (χ0) is 5.98. The molecule has 0 atom stereocenters. The highest BCUT2D eigenvalue weighted by atomic mass is 16.2. The fraction of sp³-hybridized carbons (Fsp3) is 0.400. The van der Waals surface area contributed by atoms with E-state index in [-0.39, 0.29) is 24.5 Å². The maximum Gasteiger partial charge on any atom is 0.220 e. The van der Waals surface area contributed by atoms with Crippen LogP contribution >= 0.6 is 0 Å². The van der Waals surface area contributed by atoms with Crippen molar-refractivity contribution in [2.75, 3.05) is 6.54 Å². The summed E-state index contributed by atoms with van der Waals surface area (Å²) in [6, 6.07) is 0. The topological polar surface area (TPSA) is 46.5 Å². The molecule has 42 valence electrons. The fourth-order valence-corrected chi connectivity index (χ4v) is 0.497. The van der Waals surface area contributed by atoms with Crippen LogP contribution in [0.3, 0.4) is 0 Å². The van der Waals surface area contributed by atoms with Crippen molar-refractivity contribution in [3.63, 3.8) is 0 Å². The first kappa shape index (κ1) is 5.15. The third-order valence-electron chi connectivity index (χ3n) is 0.952. The predicted molar refractivity (Wildman–Crippen MR) is 28.0 cm³/mol. The minimum atomic E-state index is -0.368. The van der Waals surface area contributed by atoms with Crippen LogP contribution in [-0.4, -0.2) is 24.3 Å². The molecule has 0 amide bonds. The van der Waals surface area contributed by atoms with Gasteiger partial charge in [0, 0.05) is 12.6 Å². The maximum atomic E-state index is 10.4. The molecule has 3 nitrogen and oxygen atoms in total. The van der Waals surface area contributed by atoms with Gasteiger partial charge in [-0.3, -0.25) is 14.6 Å². The van der Waals surface area contributed by atoms with Gasteiger partial charge in [-0.2, -0.15) is 0 Å². The molecule has 0 saturated heterocycles. The second-order valence-electron chi connectivity index (χ2n) is 1.57. The molecule has 0 aromatic heterocycles. The Morgan fingerprint density at radius 3 is 2.50 bits per heavy atom. The largest absolute Gasteiger partial charge is 0.290 e. The number of hydrogen-bond acceptors (Lipinski definition) is 3. The van der Waals surface area contributed by atoms with E-state index in [1.807, 2.05) is 0 Å². The second kappa shape index (κ2) is 1.86. The Morgan fingerprint density at radius 1 is 1.38 bits per heavy atom. The van der Waals surface area contributed by atoms with E-state index >= 15 is 0 Å². The average molecular weight is 111 g/mol. The van der Waals surface area contributed by atoms with E-state index < -0.39 is 0 Å². The molecule has 0 unspecified atom stereocenters. The molecule has 0 bridgehead atoms. The molecule has 0 saturated carbocycles. The lowest BCUT2D eigenvalue weighted by Crippen LogP contribution is -2.20. The molecule has 0 N–H and O–H groups in total. The van der Waals surface area contributed by atoms with Crippen molar-refractivity contribution in [2.45, 2.75) is 6.42 Å². The number of rotatable bonds is 0. The van der Waals surface area contributed by atoms with Gasteiger partial charge >= 0.3 is 0 Å². The lowest BCUT2D eigenvalue weighted by Gasteiger charge is -1.96. The molecule has 1 aliphatic rings. The molecule has 0 aromatic rings. The van der Waals surface area contributed by atoms with Crippen LogP contribution in [0.5, 0.6) is 0 Å². The minimum Gasteiger partial charge on any atom is -0.290 e. The third kappa shape index (κ3) is 0.804. The van der Waals surface area contributed by atoms with Crippen LogP contribution in [0.15, 0.2) is 4.99 Å². The van der Waals surface area contributed by atoms with Gasteiger partial charge in [0.1, 0.15) is 6.54 Å². The van der Waals surface area contributed by atoms with Crippen LogP contribution in [0.25, 0.3) is 0 Å². The Kier molecular flexibility index (Phi) is 1.20. The predicted octanol–water partition coefficient (Wildman–Crippen LogP) is -0.401. The monoisotopic (exact) mass is 111 g/mol. The van der Waals surface area contributed by atoms with E-state index in [0.29, 0.717) is 0 Å². The Hall–Kier alpha value is -0.990. The molecule has 1 heterocycles. The summed E-state index contributed by atoms with van der Waals surface area (Å²) < 4.78 is 0. The average Bonchev–Trinajstić information content (AvgIpc) is 1.77.